The first-order valence-corrected chi connectivity index (χ1v) is 11.4. The topological polar surface area (TPSA) is 108 Å². The van der Waals surface area contributed by atoms with Gasteiger partial charge >= 0.3 is 11.9 Å². The van der Waals surface area contributed by atoms with Crippen LogP contribution in [-0.4, -0.2) is 59.5 Å². The van der Waals surface area contributed by atoms with Crippen LogP contribution >= 0.6 is 0 Å². The third kappa shape index (κ3) is 3.13. The van der Waals surface area contributed by atoms with Crippen molar-refractivity contribution >= 4 is 17.7 Å². The summed E-state index contributed by atoms with van der Waals surface area (Å²) in [7, 11) is 0. The van der Waals surface area contributed by atoms with Gasteiger partial charge in [-0.05, 0) is 31.8 Å². The van der Waals surface area contributed by atoms with E-state index in [1.54, 1.807) is 6.26 Å². The van der Waals surface area contributed by atoms with E-state index in [4.69, 9.17) is 18.9 Å². The Balaban J connectivity index is 1.82. The van der Waals surface area contributed by atoms with Crippen molar-refractivity contribution in [3.63, 3.8) is 0 Å². The first-order valence-electron chi connectivity index (χ1n) is 11.4. The van der Waals surface area contributed by atoms with Crippen LogP contribution in [0.15, 0.2) is 12.3 Å². The summed E-state index contributed by atoms with van der Waals surface area (Å²) in [5, 5.41) is 11.3. The lowest BCUT2D eigenvalue weighted by Gasteiger charge is -2.65. The van der Waals surface area contributed by atoms with Crippen molar-refractivity contribution in [2.45, 2.75) is 83.7 Å². The molecule has 2 aliphatic heterocycles. The number of Topliss-reactive ketones (excluding diaryl/α,β-unsaturated/α-hetero) is 1. The second-order valence-corrected chi connectivity index (χ2v) is 10.6. The normalized spacial score (nSPS) is 47.4. The molecule has 2 aliphatic carbocycles. The third-order valence-electron chi connectivity index (χ3n) is 8.75. The Hall–Kier alpha value is -1.93. The monoisotopic (exact) mass is 450 g/mol. The number of ketones is 1. The molecule has 0 bridgehead atoms. The van der Waals surface area contributed by atoms with Crippen molar-refractivity contribution in [2.75, 3.05) is 13.2 Å². The summed E-state index contributed by atoms with van der Waals surface area (Å²) in [4.78, 5) is 37.0. The molecule has 178 valence electrons. The van der Waals surface area contributed by atoms with E-state index in [1.807, 2.05) is 19.9 Å². The molecule has 1 saturated heterocycles. The van der Waals surface area contributed by atoms with Crippen LogP contribution in [0.4, 0.5) is 0 Å². The molecule has 8 heteroatoms. The molecular formula is C24H34O8. The van der Waals surface area contributed by atoms with Gasteiger partial charge < -0.3 is 24.1 Å². The lowest BCUT2D eigenvalue weighted by atomic mass is 9.42. The molecule has 4 rings (SSSR count). The molecule has 8 nitrogen and oxygen atoms in total. The quantitative estimate of drug-likeness (QED) is 0.653. The van der Waals surface area contributed by atoms with Gasteiger partial charge in [-0.3, -0.25) is 14.4 Å². The van der Waals surface area contributed by atoms with Gasteiger partial charge in [0.2, 0.25) is 0 Å². The maximum absolute atomic E-state index is 13.4. The Labute approximate surface area is 188 Å². The van der Waals surface area contributed by atoms with E-state index < -0.39 is 58.0 Å². The smallest absolute Gasteiger partial charge is 0.302 e. The maximum Gasteiger partial charge on any atom is 0.302 e. The van der Waals surface area contributed by atoms with Crippen LogP contribution in [0, 0.1) is 22.7 Å². The van der Waals surface area contributed by atoms with E-state index >= 15 is 0 Å². The highest BCUT2D eigenvalue weighted by molar-refractivity contribution is 5.88. The van der Waals surface area contributed by atoms with E-state index in [1.165, 1.54) is 13.8 Å². The minimum Gasteiger partial charge on any atom is -0.498 e. The summed E-state index contributed by atoms with van der Waals surface area (Å²) in [5.41, 5.74) is -2.98. The molecule has 2 spiro atoms. The average molecular weight is 451 g/mol. The summed E-state index contributed by atoms with van der Waals surface area (Å²) >= 11 is 0. The zero-order valence-electron chi connectivity index (χ0n) is 19.5. The highest BCUT2D eigenvalue weighted by atomic mass is 16.6. The second-order valence-electron chi connectivity index (χ2n) is 10.6. The molecule has 2 heterocycles. The number of aliphatic hydroxyl groups is 1. The number of ether oxygens (including phenoxy) is 4. The van der Waals surface area contributed by atoms with Gasteiger partial charge in [-0.1, -0.05) is 20.8 Å². The van der Waals surface area contributed by atoms with E-state index in [0.29, 0.717) is 32.3 Å². The van der Waals surface area contributed by atoms with Gasteiger partial charge in [-0.25, -0.2) is 0 Å². The molecule has 1 N–H and O–H groups in total. The fourth-order valence-corrected chi connectivity index (χ4v) is 7.20. The van der Waals surface area contributed by atoms with Gasteiger partial charge in [0.25, 0.3) is 0 Å². The summed E-state index contributed by atoms with van der Waals surface area (Å²) in [6.45, 7) is 8.74. The van der Waals surface area contributed by atoms with Crippen molar-refractivity contribution in [2.24, 2.45) is 22.7 Å². The van der Waals surface area contributed by atoms with Gasteiger partial charge in [0, 0.05) is 36.5 Å². The molecule has 0 aromatic rings. The summed E-state index contributed by atoms with van der Waals surface area (Å²) in [5.74, 6) is -2.35. The number of hydrogen-bond donors (Lipinski definition) is 1. The van der Waals surface area contributed by atoms with Crippen LogP contribution in [0.3, 0.4) is 0 Å². The third-order valence-corrected chi connectivity index (χ3v) is 8.75. The highest BCUT2D eigenvalue weighted by Crippen LogP contribution is 2.67. The van der Waals surface area contributed by atoms with Gasteiger partial charge in [0.1, 0.15) is 31.0 Å². The molecule has 2 saturated carbocycles. The number of carbonyl (C=O) groups excluding carboxylic acids is 3. The van der Waals surface area contributed by atoms with Crippen LogP contribution in [0.1, 0.15) is 60.3 Å². The Bertz CT molecular complexity index is 853. The Morgan fingerprint density at radius 1 is 1.19 bits per heavy atom. The second kappa shape index (κ2) is 7.55. The molecule has 4 aliphatic rings. The Kier molecular flexibility index (Phi) is 5.48. The number of carbonyl (C=O) groups is 3. The number of aliphatic hydroxyl groups excluding tert-OH is 1. The predicted molar refractivity (Wildman–Crippen MR) is 112 cm³/mol. The van der Waals surface area contributed by atoms with Gasteiger partial charge in [0.15, 0.2) is 5.78 Å². The zero-order chi connectivity index (χ0) is 23.5. The van der Waals surface area contributed by atoms with Gasteiger partial charge in [-0.2, -0.15) is 0 Å². The standard InChI is InChI=1S/C24H34O8/c1-14-18(27)19(28)20-21(4,12-30-15(2)25)17(31-16(3)26)6-7-22(20,5)24(14)9-8-23(32-24)10-11-29-13-23/h10-11,14,17,19-20,28H,6-9,12-13H2,1-5H3/t14-,17+,19-,20+,21+,22+,23-,24-/m1/s1. The van der Waals surface area contributed by atoms with E-state index in [-0.39, 0.29) is 12.4 Å². The number of hydrogen-bond acceptors (Lipinski definition) is 8. The molecule has 0 amide bonds. The number of esters is 2. The maximum atomic E-state index is 13.4. The molecule has 3 fully saturated rings. The van der Waals surface area contributed by atoms with Crippen LogP contribution < -0.4 is 0 Å². The molecular weight excluding hydrogens is 416 g/mol. The van der Waals surface area contributed by atoms with E-state index in [9.17, 15) is 19.5 Å². The minimum atomic E-state index is -1.28. The first-order chi connectivity index (χ1) is 14.9. The molecule has 0 aromatic carbocycles. The summed E-state index contributed by atoms with van der Waals surface area (Å²) in [6.07, 6.45) is 4.16. The average Bonchev–Trinajstić information content (AvgIpc) is 3.34. The Morgan fingerprint density at radius 3 is 2.50 bits per heavy atom. The summed E-state index contributed by atoms with van der Waals surface area (Å²) in [6, 6.07) is 0. The minimum absolute atomic E-state index is 0.0660. The predicted octanol–water partition coefficient (Wildman–Crippen LogP) is 2.32. The molecule has 0 aromatic heterocycles. The molecule has 8 atom stereocenters. The van der Waals surface area contributed by atoms with Gasteiger partial charge in [0.05, 0.1) is 11.9 Å². The number of fused-ring (bicyclic) bond motifs is 2. The van der Waals surface area contributed by atoms with Crippen molar-refractivity contribution in [3.8, 4) is 0 Å². The fraction of sp³-hybridized carbons (Fsp3) is 0.792. The lowest BCUT2D eigenvalue weighted by molar-refractivity contribution is -0.275. The first kappa shape index (κ1) is 23.2. The largest absolute Gasteiger partial charge is 0.498 e. The van der Waals surface area contributed by atoms with Crippen molar-refractivity contribution in [1.82, 2.24) is 0 Å². The fourth-order valence-electron chi connectivity index (χ4n) is 7.20. The lowest BCUT2D eigenvalue weighted by Crippen LogP contribution is -2.73. The number of rotatable bonds is 3. The van der Waals surface area contributed by atoms with Crippen LogP contribution in [0.25, 0.3) is 0 Å². The molecule has 0 radical (unpaired) electrons. The zero-order valence-corrected chi connectivity index (χ0v) is 19.5. The van der Waals surface area contributed by atoms with Crippen molar-refractivity contribution in [3.05, 3.63) is 12.3 Å². The van der Waals surface area contributed by atoms with Crippen LogP contribution in [-0.2, 0) is 33.3 Å². The van der Waals surface area contributed by atoms with E-state index in [0.717, 1.165) is 0 Å². The van der Waals surface area contributed by atoms with Crippen molar-refractivity contribution < 1.29 is 38.4 Å². The van der Waals surface area contributed by atoms with Crippen molar-refractivity contribution in [1.29, 1.82) is 0 Å². The molecule has 32 heavy (non-hydrogen) atoms. The van der Waals surface area contributed by atoms with E-state index in [2.05, 4.69) is 6.92 Å². The highest BCUT2D eigenvalue weighted by Gasteiger charge is 2.74. The Morgan fingerprint density at radius 2 is 1.91 bits per heavy atom. The van der Waals surface area contributed by atoms with Gasteiger partial charge in [-0.15, -0.1) is 0 Å². The summed E-state index contributed by atoms with van der Waals surface area (Å²) < 4.78 is 23.4. The van der Waals surface area contributed by atoms with Crippen LogP contribution in [0.2, 0.25) is 0 Å². The SMILES string of the molecule is CC(=O)OC[C@@]1(C)[C@@H](OC(C)=O)CC[C@@]2(C)[C@H]1[C@H](O)C(=O)[C@@H](C)[C@]21CC[C@]2(C=COC2)O1. The molecule has 0 unspecified atom stereocenters. The van der Waals surface area contributed by atoms with Crippen LogP contribution in [0.5, 0.6) is 0 Å².